The average Bonchev–Trinajstić information content (AvgIpc) is 3.01. The third-order valence-electron chi connectivity index (χ3n) is 4.74. The molecule has 0 aliphatic carbocycles. The summed E-state index contributed by atoms with van der Waals surface area (Å²) in [5, 5.41) is 0. The molecular formula is C21H23N2O+. The monoisotopic (exact) mass is 319 g/mol. The van der Waals surface area contributed by atoms with Gasteiger partial charge in [-0.2, -0.15) is 4.40 Å². The Labute approximate surface area is 142 Å². The Hall–Kier alpha value is -2.55. The molecule has 4 aromatic rings. The molecule has 24 heavy (non-hydrogen) atoms. The maximum Gasteiger partial charge on any atom is 0.336 e. The molecule has 0 spiro atoms. The van der Waals surface area contributed by atoms with Crippen molar-refractivity contribution in [3.8, 4) is 11.4 Å². The first-order valence-corrected chi connectivity index (χ1v) is 8.36. The quantitative estimate of drug-likeness (QED) is 0.463. The maximum absolute atomic E-state index is 6.15. The fourth-order valence-corrected chi connectivity index (χ4v) is 3.35. The van der Waals surface area contributed by atoms with Gasteiger partial charge in [0.15, 0.2) is 17.3 Å². The lowest BCUT2D eigenvalue weighted by atomic mass is 9.87. The highest BCUT2D eigenvalue weighted by molar-refractivity contribution is 5.80. The van der Waals surface area contributed by atoms with Crippen molar-refractivity contribution in [1.82, 2.24) is 4.40 Å². The second-order valence-corrected chi connectivity index (χ2v) is 7.59. The Morgan fingerprint density at radius 1 is 1.04 bits per heavy atom. The van der Waals surface area contributed by atoms with Gasteiger partial charge in [0.2, 0.25) is 0 Å². The summed E-state index contributed by atoms with van der Waals surface area (Å²) >= 11 is 0. The van der Waals surface area contributed by atoms with Gasteiger partial charge >= 0.3 is 5.71 Å². The van der Waals surface area contributed by atoms with Gasteiger partial charge < -0.3 is 4.42 Å². The summed E-state index contributed by atoms with van der Waals surface area (Å²) in [6.07, 6.45) is 2.05. The lowest BCUT2D eigenvalue weighted by molar-refractivity contribution is -0.658. The predicted molar refractivity (Wildman–Crippen MR) is 97.2 cm³/mol. The summed E-state index contributed by atoms with van der Waals surface area (Å²) in [6, 6.07) is 15.0. The van der Waals surface area contributed by atoms with E-state index in [1.165, 1.54) is 16.7 Å². The van der Waals surface area contributed by atoms with Crippen LogP contribution in [-0.2, 0) is 12.5 Å². The van der Waals surface area contributed by atoms with Crippen molar-refractivity contribution >= 4 is 16.8 Å². The molecule has 0 fully saturated rings. The second-order valence-electron chi connectivity index (χ2n) is 7.59. The first-order chi connectivity index (χ1) is 11.4. The van der Waals surface area contributed by atoms with E-state index >= 15 is 0 Å². The third kappa shape index (κ3) is 2.15. The molecule has 4 rings (SSSR count). The summed E-state index contributed by atoms with van der Waals surface area (Å²) in [5.41, 5.74) is 6.80. The number of fused-ring (bicyclic) bond motifs is 3. The van der Waals surface area contributed by atoms with Gasteiger partial charge in [-0.05, 0) is 41.7 Å². The second kappa shape index (κ2) is 4.97. The number of aromatic nitrogens is 2. The Morgan fingerprint density at radius 2 is 1.79 bits per heavy atom. The van der Waals surface area contributed by atoms with E-state index in [1.54, 1.807) is 0 Å². The lowest BCUT2D eigenvalue weighted by Crippen LogP contribution is -2.28. The summed E-state index contributed by atoms with van der Waals surface area (Å²) < 4.78 is 10.5. The van der Waals surface area contributed by atoms with Crippen LogP contribution in [0.3, 0.4) is 0 Å². The number of nitrogens with zero attached hydrogens (tertiary/aromatic N) is 2. The van der Waals surface area contributed by atoms with Crippen LogP contribution >= 0.6 is 0 Å². The number of imidazole rings is 1. The normalized spacial score (nSPS) is 12.4. The zero-order valence-corrected chi connectivity index (χ0v) is 14.9. The fraction of sp³-hybridized carbons (Fsp3) is 0.286. The van der Waals surface area contributed by atoms with Gasteiger partial charge in [-0.3, -0.25) is 0 Å². The molecule has 0 saturated heterocycles. The number of oxazole rings is 1. The molecular weight excluding hydrogens is 296 g/mol. The van der Waals surface area contributed by atoms with Crippen LogP contribution in [0.1, 0.15) is 31.9 Å². The highest BCUT2D eigenvalue weighted by Gasteiger charge is 2.26. The van der Waals surface area contributed by atoms with Crippen LogP contribution in [0.25, 0.3) is 28.2 Å². The first-order valence-electron chi connectivity index (χ1n) is 8.36. The summed E-state index contributed by atoms with van der Waals surface area (Å²) in [6.45, 7) is 8.82. The molecule has 0 aliphatic rings. The van der Waals surface area contributed by atoms with Crippen molar-refractivity contribution in [3.05, 3.63) is 59.8 Å². The molecule has 2 aromatic carbocycles. The standard InChI is InChI=1S/C21H23N2O/c1-14-8-6-7-9-16(14)20-22(5)13-19-23(20)17-11-10-15(21(2,3)4)12-18(17)24-19/h6-13H,1-5H3/q+1. The van der Waals surface area contributed by atoms with Crippen molar-refractivity contribution in [2.75, 3.05) is 0 Å². The minimum Gasteiger partial charge on any atom is -0.416 e. The Balaban J connectivity index is 2.05. The van der Waals surface area contributed by atoms with E-state index in [4.69, 9.17) is 4.42 Å². The summed E-state index contributed by atoms with van der Waals surface area (Å²) in [4.78, 5) is 0. The minimum atomic E-state index is 0.110. The molecule has 0 radical (unpaired) electrons. The SMILES string of the molecule is Cc1ccccc1-c1n2c(c[n+]1C)oc1cc(C(C)(C)C)ccc12. The highest BCUT2D eigenvalue weighted by atomic mass is 16.3. The minimum absolute atomic E-state index is 0.110. The zero-order valence-electron chi connectivity index (χ0n) is 14.9. The van der Waals surface area contributed by atoms with Crippen molar-refractivity contribution in [2.24, 2.45) is 7.05 Å². The average molecular weight is 319 g/mol. The summed E-state index contributed by atoms with van der Waals surface area (Å²) in [5.74, 6) is 1.14. The van der Waals surface area contributed by atoms with E-state index in [1.807, 2.05) is 0 Å². The number of rotatable bonds is 1. The van der Waals surface area contributed by atoms with Crippen molar-refractivity contribution in [1.29, 1.82) is 0 Å². The van der Waals surface area contributed by atoms with Gasteiger partial charge in [-0.1, -0.05) is 45.0 Å². The van der Waals surface area contributed by atoms with Gasteiger partial charge in [0.25, 0.3) is 5.82 Å². The topological polar surface area (TPSA) is 21.4 Å². The molecule has 0 aliphatic heterocycles. The van der Waals surface area contributed by atoms with Gasteiger partial charge in [0.05, 0.1) is 12.6 Å². The van der Waals surface area contributed by atoms with E-state index in [9.17, 15) is 0 Å². The first kappa shape index (κ1) is 15.0. The summed E-state index contributed by atoms with van der Waals surface area (Å²) in [7, 11) is 2.07. The molecule has 0 unspecified atom stereocenters. The van der Waals surface area contributed by atoms with E-state index in [0.717, 1.165) is 22.6 Å². The van der Waals surface area contributed by atoms with E-state index in [0.29, 0.717) is 0 Å². The molecule has 0 N–H and O–H groups in total. The molecule has 3 nitrogen and oxygen atoms in total. The van der Waals surface area contributed by atoms with Gasteiger partial charge in [0.1, 0.15) is 0 Å². The zero-order chi connectivity index (χ0) is 17.1. The lowest BCUT2D eigenvalue weighted by Gasteiger charge is -2.18. The van der Waals surface area contributed by atoms with E-state index < -0.39 is 0 Å². The van der Waals surface area contributed by atoms with Crippen molar-refractivity contribution in [2.45, 2.75) is 33.1 Å². The van der Waals surface area contributed by atoms with E-state index in [-0.39, 0.29) is 5.41 Å². The fourth-order valence-electron chi connectivity index (χ4n) is 3.35. The number of aryl methyl sites for hydroxylation is 2. The van der Waals surface area contributed by atoms with Crippen LogP contribution in [0.2, 0.25) is 0 Å². The number of hydrogen-bond donors (Lipinski definition) is 0. The molecule has 0 saturated carbocycles. The largest absolute Gasteiger partial charge is 0.416 e. The smallest absolute Gasteiger partial charge is 0.336 e. The van der Waals surface area contributed by atoms with Gasteiger partial charge in [-0.15, -0.1) is 0 Å². The number of hydrogen-bond acceptors (Lipinski definition) is 1. The molecule has 0 amide bonds. The van der Waals surface area contributed by atoms with Crippen LogP contribution in [0.4, 0.5) is 0 Å². The molecule has 0 bridgehead atoms. The molecule has 2 heterocycles. The molecule has 0 atom stereocenters. The van der Waals surface area contributed by atoms with E-state index in [2.05, 4.69) is 92.4 Å². The van der Waals surface area contributed by atoms with Crippen LogP contribution in [-0.4, -0.2) is 4.40 Å². The van der Waals surface area contributed by atoms with Crippen molar-refractivity contribution < 1.29 is 8.98 Å². The molecule has 122 valence electrons. The van der Waals surface area contributed by atoms with Gasteiger partial charge in [-0.25, -0.2) is 4.57 Å². The molecule has 3 heteroatoms. The highest BCUT2D eigenvalue weighted by Crippen LogP contribution is 2.31. The van der Waals surface area contributed by atoms with Crippen LogP contribution in [0.15, 0.2) is 53.1 Å². The van der Waals surface area contributed by atoms with Crippen molar-refractivity contribution in [3.63, 3.8) is 0 Å². The Kier molecular flexibility index (Phi) is 3.11. The van der Waals surface area contributed by atoms with Crippen LogP contribution < -0.4 is 4.57 Å². The Morgan fingerprint density at radius 3 is 2.50 bits per heavy atom. The maximum atomic E-state index is 6.15. The Bertz CT molecular complexity index is 1060. The van der Waals surface area contributed by atoms with Gasteiger partial charge in [0, 0.05) is 0 Å². The van der Waals surface area contributed by atoms with Crippen LogP contribution in [0, 0.1) is 6.92 Å². The van der Waals surface area contributed by atoms with Crippen LogP contribution in [0.5, 0.6) is 0 Å². The number of benzene rings is 2. The predicted octanol–water partition coefficient (Wildman–Crippen LogP) is 4.78. The third-order valence-corrected chi connectivity index (χ3v) is 4.74. The molecule has 2 aromatic heterocycles.